The van der Waals surface area contributed by atoms with Crippen molar-refractivity contribution in [2.75, 3.05) is 18.5 Å². The molecule has 0 aliphatic heterocycles. The van der Waals surface area contributed by atoms with E-state index in [2.05, 4.69) is 22.9 Å². The molecular weight excluding hydrogens is 204 g/mol. The van der Waals surface area contributed by atoms with Crippen LogP contribution in [0.15, 0.2) is 0 Å². The number of rotatable bonds is 7. The van der Waals surface area contributed by atoms with Gasteiger partial charge in [0.25, 0.3) is 0 Å². The van der Waals surface area contributed by atoms with Crippen LogP contribution in [0.3, 0.4) is 0 Å². The SMILES string of the molecule is CCOCCCCC(C)CBr. The average Bonchev–Trinajstić information content (AvgIpc) is 2.04. The third kappa shape index (κ3) is 8.35. The lowest BCUT2D eigenvalue weighted by atomic mass is 10.1. The number of hydrogen-bond acceptors (Lipinski definition) is 1. The topological polar surface area (TPSA) is 9.23 Å². The van der Waals surface area contributed by atoms with Crippen LogP contribution in [0.5, 0.6) is 0 Å². The molecule has 2 heteroatoms. The highest BCUT2D eigenvalue weighted by Gasteiger charge is 1.98. The Balaban J connectivity index is 2.89. The van der Waals surface area contributed by atoms with Crippen LogP contribution in [0.4, 0.5) is 0 Å². The van der Waals surface area contributed by atoms with E-state index in [9.17, 15) is 0 Å². The molecular formula is C9H19BrO. The first kappa shape index (κ1) is 11.4. The maximum Gasteiger partial charge on any atom is 0.0465 e. The van der Waals surface area contributed by atoms with E-state index < -0.39 is 0 Å². The third-order valence-corrected chi connectivity index (χ3v) is 2.81. The molecule has 0 amide bonds. The van der Waals surface area contributed by atoms with Crippen LogP contribution in [-0.2, 0) is 4.74 Å². The smallest absolute Gasteiger partial charge is 0.0465 e. The van der Waals surface area contributed by atoms with Crippen molar-refractivity contribution in [3.05, 3.63) is 0 Å². The van der Waals surface area contributed by atoms with Gasteiger partial charge in [0.2, 0.25) is 0 Å². The van der Waals surface area contributed by atoms with Crippen molar-refractivity contribution >= 4 is 15.9 Å². The van der Waals surface area contributed by atoms with Gasteiger partial charge in [-0.15, -0.1) is 0 Å². The lowest BCUT2D eigenvalue weighted by molar-refractivity contribution is 0.142. The molecule has 0 saturated carbocycles. The Hall–Kier alpha value is 0.440. The van der Waals surface area contributed by atoms with Gasteiger partial charge in [-0.1, -0.05) is 29.3 Å². The van der Waals surface area contributed by atoms with Crippen LogP contribution < -0.4 is 0 Å². The number of halogens is 1. The second kappa shape index (κ2) is 8.54. The predicted octanol–water partition coefficient (Wildman–Crippen LogP) is 3.22. The van der Waals surface area contributed by atoms with Gasteiger partial charge in [-0.3, -0.25) is 0 Å². The number of ether oxygens (including phenoxy) is 1. The number of hydrogen-bond donors (Lipinski definition) is 0. The van der Waals surface area contributed by atoms with Gasteiger partial charge in [0.1, 0.15) is 0 Å². The fourth-order valence-corrected chi connectivity index (χ4v) is 1.24. The number of unbranched alkanes of at least 4 members (excludes halogenated alkanes) is 1. The largest absolute Gasteiger partial charge is 0.382 e. The van der Waals surface area contributed by atoms with Gasteiger partial charge in [-0.25, -0.2) is 0 Å². The Morgan fingerprint density at radius 1 is 1.36 bits per heavy atom. The second-order valence-corrected chi connectivity index (χ2v) is 3.60. The molecule has 0 aromatic heterocycles. The van der Waals surface area contributed by atoms with E-state index in [-0.39, 0.29) is 0 Å². The standard InChI is InChI=1S/C9H19BrO/c1-3-11-7-5-4-6-9(2)8-10/h9H,3-8H2,1-2H3. The van der Waals surface area contributed by atoms with Gasteiger partial charge in [-0.2, -0.15) is 0 Å². The van der Waals surface area contributed by atoms with Gasteiger partial charge in [0, 0.05) is 18.5 Å². The van der Waals surface area contributed by atoms with Crippen molar-refractivity contribution in [3.8, 4) is 0 Å². The summed E-state index contributed by atoms with van der Waals surface area (Å²) in [6, 6.07) is 0. The van der Waals surface area contributed by atoms with Crippen molar-refractivity contribution in [2.45, 2.75) is 33.1 Å². The highest BCUT2D eigenvalue weighted by molar-refractivity contribution is 9.09. The van der Waals surface area contributed by atoms with Crippen LogP contribution in [0.2, 0.25) is 0 Å². The molecule has 1 unspecified atom stereocenters. The summed E-state index contributed by atoms with van der Waals surface area (Å²) in [6.45, 7) is 6.11. The normalized spacial score (nSPS) is 13.4. The van der Waals surface area contributed by atoms with Gasteiger partial charge >= 0.3 is 0 Å². The molecule has 68 valence electrons. The fraction of sp³-hybridized carbons (Fsp3) is 1.00. The highest BCUT2D eigenvalue weighted by atomic mass is 79.9. The van der Waals surface area contributed by atoms with Crippen molar-refractivity contribution in [3.63, 3.8) is 0 Å². The van der Waals surface area contributed by atoms with Crippen LogP contribution in [0.25, 0.3) is 0 Å². The summed E-state index contributed by atoms with van der Waals surface area (Å²) in [6.07, 6.45) is 3.83. The molecule has 11 heavy (non-hydrogen) atoms. The first-order chi connectivity index (χ1) is 5.31. The first-order valence-electron chi connectivity index (χ1n) is 4.45. The maximum atomic E-state index is 5.24. The molecule has 0 aliphatic rings. The van der Waals surface area contributed by atoms with E-state index in [1.807, 2.05) is 6.92 Å². The zero-order chi connectivity index (χ0) is 8.53. The summed E-state index contributed by atoms with van der Waals surface area (Å²) in [4.78, 5) is 0. The van der Waals surface area contributed by atoms with E-state index in [1.54, 1.807) is 0 Å². The molecule has 0 aromatic rings. The third-order valence-electron chi connectivity index (χ3n) is 1.70. The molecule has 0 heterocycles. The Labute approximate surface area is 78.6 Å². The average molecular weight is 223 g/mol. The second-order valence-electron chi connectivity index (χ2n) is 2.95. The molecule has 0 spiro atoms. The molecule has 0 bridgehead atoms. The Morgan fingerprint density at radius 2 is 2.09 bits per heavy atom. The highest BCUT2D eigenvalue weighted by Crippen LogP contribution is 2.09. The summed E-state index contributed by atoms with van der Waals surface area (Å²) in [5.41, 5.74) is 0. The number of alkyl halides is 1. The quantitative estimate of drug-likeness (QED) is 0.475. The molecule has 0 fully saturated rings. The van der Waals surface area contributed by atoms with Crippen molar-refractivity contribution in [1.82, 2.24) is 0 Å². The molecule has 0 rings (SSSR count). The van der Waals surface area contributed by atoms with Gasteiger partial charge in [0.15, 0.2) is 0 Å². The molecule has 0 N–H and O–H groups in total. The maximum absolute atomic E-state index is 5.24. The Morgan fingerprint density at radius 3 is 2.64 bits per heavy atom. The minimum absolute atomic E-state index is 0.816. The zero-order valence-electron chi connectivity index (χ0n) is 7.61. The van der Waals surface area contributed by atoms with E-state index >= 15 is 0 Å². The molecule has 0 aromatic carbocycles. The van der Waals surface area contributed by atoms with Crippen LogP contribution in [-0.4, -0.2) is 18.5 Å². The molecule has 1 atom stereocenters. The van der Waals surface area contributed by atoms with Crippen LogP contribution >= 0.6 is 15.9 Å². The van der Waals surface area contributed by atoms with Gasteiger partial charge in [0.05, 0.1) is 0 Å². The van der Waals surface area contributed by atoms with Crippen molar-refractivity contribution in [2.24, 2.45) is 5.92 Å². The monoisotopic (exact) mass is 222 g/mol. The van der Waals surface area contributed by atoms with Crippen LogP contribution in [0.1, 0.15) is 33.1 Å². The van der Waals surface area contributed by atoms with Gasteiger partial charge < -0.3 is 4.74 Å². The summed E-state index contributed by atoms with van der Waals surface area (Å²) in [5, 5.41) is 1.13. The van der Waals surface area contributed by atoms with E-state index in [0.29, 0.717) is 0 Å². The van der Waals surface area contributed by atoms with E-state index in [0.717, 1.165) is 24.5 Å². The zero-order valence-corrected chi connectivity index (χ0v) is 9.19. The summed E-state index contributed by atoms with van der Waals surface area (Å²) in [7, 11) is 0. The first-order valence-corrected chi connectivity index (χ1v) is 5.57. The molecule has 0 saturated heterocycles. The Bertz CT molecular complexity index is 76.0. The summed E-state index contributed by atoms with van der Waals surface area (Å²) in [5.74, 6) is 0.816. The van der Waals surface area contributed by atoms with E-state index in [1.165, 1.54) is 19.3 Å². The van der Waals surface area contributed by atoms with Crippen LogP contribution in [0, 0.1) is 5.92 Å². The Kier molecular flexibility index (Phi) is 8.88. The van der Waals surface area contributed by atoms with Gasteiger partial charge in [-0.05, 0) is 25.7 Å². The summed E-state index contributed by atoms with van der Waals surface area (Å²) < 4.78 is 5.24. The lowest BCUT2D eigenvalue weighted by Crippen LogP contribution is -1.98. The molecule has 1 nitrogen and oxygen atoms in total. The minimum Gasteiger partial charge on any atom is -0.382 e. The molecule has 0 aliphatic carbocycles. The molecule has 0 radical (unpaired) electrons. The van der Waals surface area contributed by atoms with Crippen molar-refractivity contribution < 1.29 is 4.74 Å². The van der Waals surface area contributed by atoms with E-state index in [4.69, 9.17) is 4.74 Å². The van der Waals surface area contributed by atoms with Crippen molar-refractivity contribution in [1.29, 1.82) is 0 Å². The minimum atomic E-state index is 0.816. The summed E-state index contributed by atoms with van der Waals surface area (Å²) >= 11 is 3.47. The fourth-order valence-electron chi connectivity index (χ4n) is 0.918. The lowest BCUT2D eigenvalue weighted by Gasteiger charge is -2.06. The predicted molar refractivity (Wildman–Crippen MR) is 53.3 cm³/mol.